The van der Waals surface area contributed by atoms with E-state index in [1.807, 2.05) is 18.2 Å². The predicted molar refractivity (Wildman–Crippen MR) is 62.1 cm³/mol. The number of aromatic nitrogens is 3. The Hall–Kier alpha value is -1.84. The quantitative estimate of drug-likeness (QED) is 0.855. The van der Waals surface area contributed by atoms with Gasteiger partial charge in [-0.2, -0.15) is 5.10 Å². The lowest BCUT2D eigenvalue weighted by atomic mass is 10.0. The highest BCUT2D eigenvalue weighted by Gasteiger charge is 2.32. The molecule has 1 aromatic carbocycles. The van der Waals surface area contributed by atoms with Crippen LogP contribution in [-0.4, -0.2) is 21.8 Å². The van der Waals surface area contributed by atoms with E-state index >= 15 is 0 Å². The van der Waals surface area contributed by atoms with Crippen molar-refractivity contribution in [3.05, 3.63) is 41.5 Å². The highest BCUT2D eigenvalue weighted by atomic mass is 16.5. The molecule has 4 heteroatoms. The molecule has 1 aliphatic heterocycles. The Balaban J connectivity index is 1.70. The summed E-state index contributed by atoms with van der Waals surface area (Å²) in [5.41, 5.74) is 1.21. The molecule has 1 atom stereocenters. The highest BCUT2D eigenvalue weighted by molar-refractivity contribution is 5.42. The largest absolute Gasteiger partial charge is 0.492 e. The third kappa shape index (κ3) is 1.44. The van der Waals surface area contributed by atoms with Crippen molar-refractivity contribution >= 4 is 0 Å². The van der Waals surface area contributed by atoms with E-state index in [0.29, 0.717) is 12.5 Å². The molecule has 0 amide bonds. The van der Waals surface area contributed by atoms with Gasteiger partial charge in [0.1, 0.15) is 18.2 Å². The van der Waals surface area contributed by atoms with Crippen LogP contribution in [0.25, 0.3) is 0 Å². The van der Waals surface area contributed by atoms with Crippen LogP contribution in [-0.2, 0) is 0 Å². The summed E-state index contributed by atoms with van der Waals surface area (Å²) in [6, 6.07) is 8.15. The van der Waals surface area contributed by atoms with Crippen molar-refractivity contribution in [1.29, 1.82) is 0 Å². The van der Waals surface area contributed by atoms with E-state index in [9.17, 15) is 0 Å². The average Bonchev–Trinajstić information content (AvgIpc) is 2.95. The fourth-order valence-corrected chi connectivity index (χ4v) is 2.36. The zero-order valence-electron chi connectivity index (χ0n) is 9.39. The molecule has 2 heterocycles. The summed E-state index contributed by atoms with van der Waals surface area (Å²) >= 11 is 0. The molecule has 1 aromatic heterocycles. The standard InChI is InChI=1S/C13H13N3O/c1-2-4-11-9(3-1)10(7-17-11)13-14-12(15-16-13)8-5-6-8/h1-4,8,10H,5-7H2,(H,14,15,16). The minimum atomic E-state index is 0.214. The zero-order chi connectivity index (χ0) is 11.2. The van der Waals surface area contributed by atoms with E-state index in [0.717, 1.165) is 17.4 Å². The maximum atomic E-state index is 5.66. The maximum absolute atomic E-state index is 5.66. The number of H-pyrrole nitrogens is 1. The second-order valence-electron chi connectivity index (χ2n) is 4.75. The molecule has 1 saturated carbocycles. The molecule has 86 valence electrons. The summed E-state index contributed by atoms with van der Waals surface area (Å²) in [4.78, 5) is 4.61. The van der Waals surface area contributed by atoms with Crippen molar-refractivity contribution in [1.82, 2.24) is 15.2 Å². The van der Waals surface area contributed by atoms with Crippen molar-refractivity contribution in [3.8, 4) is 5.75 Å². The molecule has 1 N–H and O–H groups in total. The Labute approximate surface area is 99.0 Å². The number of ether oxygens (including phenoxy) is 1. The first-order valence-corrected chi connectivity index (χ1v) is 6.06. The second-order valence-corrected chi connectivity index (χ2v) is 4.75. The summed E-state index contributed by atoms with van der Waals surface area (Å²) in [7, 11) is 0. The van der Waals surface area contributed by atoms with Gasteiger partial charge in [-0.15, -0.1) is 0 Å². The molecule has 2 aromatic rings. The van der Waals surface area contributed by atoms with Gasteiger partial charge >= 0.3 is 0 Å². The fraction of sp³-hybridized carbons (Fsp3) is 0.385. The van der Waals surface area contributed by atoms with E-state index < -0.39 is 0 Å². The van der Waals surface area contributed by atoms with Crippen LogP contribution < -0.4 is 4.74 Å². The van der Waals surface area contributed by atoms with Crippen molar-refractivity contribution in [2.75, 3.05) is 6.61 Å². The van der Waals surface area contributed by atoms with E-state index in [2.05, 4.69) is 21.2 Å². The van der Waals surface area contributed by atoms with Crippen molar-refractivity contribution in [3.63, 3.8) is 0 Å². The van der Waals surface area contributed by atoms with Crippen molar-refractivity contribution in [2.45, 2.75) is 24.7 Å². The molecule has 4 nitrogen and oxygen atoms in total. The van der Waals surface area contributed by atoms with Crippen molar-refractivity contribution < 1.29 is 4.74 Å². The lowest BCUT2D eigenvalue weighted by Crippen LogP contribution is -2.04. The van der Waals surface area contributed by atoms with Crippen molar-refractivity contribution in [2.24, 2.45) is 0 Å². The Kier molecular flexibility index (Phi) is 1.80. The molecule has 17 heavy (non-hydrogen) atoms. The first-order valence-electron chi connectivity index (χ1n) is 6.06. The second kappa shape index (κ2) is 3.32. The maximum Gasteiger partial charge on any atom is 0.153 e. The summed E-state index contributed by atoms with van der Waals surface area (Å²) in [5.74, 6) is 3.70. The number of benzene rings is 1. The molecule has 1 unspecified atom stereocenters. The number of aromatic amines is 1. The van der Waals surface area contributed by atoms with Crippen LogP contribution in [0.5, 0.6) is 5.75 Å². The number of hydrogen-bond donors (Lipinski definition) is 1. The molecule has 0 spiro atoms. The number of nitrogens with one attached hydrogen (secondary N) is 1. The number of para-hydroxylation sites is 1. The Morgan fingerprint density at radius 3 is 3.00 bits per heavy atom. The summed E-state index contributed by atoms with van der Waals surface area (Å²) in [5, 5.41) is 7.37. The minimum Gasteiger partial charge on any atom is -0.492 e. The van der Waals surface area contributed by atoms with Crippen LogP contribution in [0.2, 0.25) is 0 Å². The van der Waals surface area contributed by atoms with Crippen LogP contribution in [0.15, 0.2) is 24.3 Å². The molecule has 4 rings (SSSR count). The van der Waals surface area contributed by atoms with Crippen LogP contribution in [0.3, 0.4) is 0 Å². The van der Waals surface area contributed by atoms with Gasteiger partial charge in [-0.1, -0.05) is 18.2 Å². The molecule has 1 fully saturated rings. The van der Waals surface area contributed by atoms with E-state index in [1.165, 1.54) is 18.4 Å². The molecular weight excluding hydrogens is 214 g/mol. The lowest BCUT2D eigenvalue weighted by molar-refractivity contribution is 0.340. The van der Waals surface area contributed by atoms with Crippen LogP contribution in [0.4, 0.5) is 0 Å². The van der Waals surface area contributed by atoms with Gasteiger partial charge in [0.05, 0.1) is 5.92 Å². The smallest absolute Gasteiger partial charge is 0.153 e. The third-order valence-corrected chi connectivity index (χ3v) is 3.49. The molecular formula is C13H13N3O. The Bertz CT molecular complexity index is 559. The molecule has 1 aliphatic carbocycles. The zero-order valence-corrected chi connectivity index (χ0v) is 9.39. The third-order valence-electron chi connectivity index (χ3n) is 3.49. The van der Waals surface area contributed by atoms with Gasteiger partial charge in [0, 0.05) is 11.5 Å². The Morgan fingerprint density at radius 1 is 1.24 bits per heavy atom. The van der Waals surface area contributed by atoms with Gasteiger partial charge in [-0.05, 0) is 18.9 Å². The van der Waals surface area contributed by atoms with Gasteiger partial charge in [0.25, 0.3) is 0 Å². The summed E-state index contributed by atoms with van der Waals surface area (Å²) < 4.78 is 5.66. The molecule has 0 bridgehead atoms. The van der Waals surface area contributed by atoms with Gasteiger partial charge < -0.3 is 4.74 Å². The fourth-order valence-electron chi connectivity index (χ4n) is 2.36. The predicted octanol–water partition coefficient (Wildman–Crippen LogP) is 2.21. The highest BCUT2D eigenvalue weighted by Crippen LogP contribution is 2.40. The van der Waals surface area contributed by atoms with E-state index in [-0.39, 0.29) is 5.92 Å². The first-order chi connectivity index (χ1) is 8.42. The lowest BCUT2D eigenvalue weighted by Gasteiger charge is -2.03. The van der Waals surface area contributed by atoms with E-state index in [4.69, 9.17) is 4.74 Å². The van der Waals surface area contributed by atoms with Crippen LogP contribution in [0.1, 0.15) is 41.9 Å². The number of hydrogen-bond acceptors (Lipinski definition) is 3. The number of nitrogens with zero attached hydrogens (tertiary/aromatic N) is 2. The molecule has 2 aliphatic rings. The monoisotopic (exact) mass is 227 g/mol. The number of rotatable bonds is 2. The SMILES string of the molecule is c1ccc2c(c1)OCC2c1nc(C2CC2)n[nH]1. The Morgan fingerprint density at radius 2 is 2.12 bits per heavy atom. The van der Waals surface area contributed by atoms with Gasteiger partial charge in [-0.25, -0.2) is 4.98 Å². The van der Waals surface area contributed by atoms with Gasteiger partial charge in [0.2, 0.25) is 0 Å². The number of fused-ring (bicyclic) bond motifs is 1. The average molecular weight is 227 g/mol. The van der Waals surface area contributed by atoms with Crippen LogP contribution in [0, 0.1) is 0 Å². The van der Waals surface area contributed by atoms with Gasteiger partial charge in [0.15, 0.2) is 5.82 Å². The topological polar surface area (TPSA) is 50.8 Å². The summed E-state index contributed by atoms with van der Waals surface area (Å²) in [6.45, 7) is 0.665. The van der Waals surface area contributed by atoms with Crippen LogP contribution >= 0.6 is 0 Å². The summed E-state index contributed by atoms with van der Waals surface area (Å²) in [6.07, 6.45) is 2.46. The minimum absolute atomic E-state index is 0.214. The molecule has 0 radical (unpaired) electrons. The molecule has 0 saturated heterocycles. The first kappa shape index (κ1) is 9.22. The van der Waals surface area contributed by atoms with Gasteiger partial charge in [-0.3, -0.25) is 5.10 Å². The van der Waals surface area contributed by atoms with E-state index in [1.54, 1.807) is 0 Å². The normalized spacial score (nSPS) is 22.2.